The fourth-order valence-electron chi connectivity index (χ4n) is 2.71. The lowest BCUT2D eigenvalue weighted by molar-refractivity contribution is -0.0431. The van der Waals surface area contributed by atoms with E-state index in [-0.39, 0.29) is 11.6 Å². The van der Waals surface area contributed by atoms with E-state index in [2.05, 4.69) is 10.4 Å². The van der Waals surface area contributed by atoms with Crippen molar-refractivity contribution in [3.05, 3.63) is 65.4 Å². The Labute approximate surface area is 155 Å². The van der Waals surface area contributed by atoms with Crippen LogP contribution in [0.2, 0.25) is 5.02 Å². The molecule has 0 spiro atoms. The Morgan fingerprint density at radius 3 is 2.69 bits per heavy atom. The summed E-state index contributed by atoms with van der Waals surface area (Å²) in [5.74, 6) is 0.206. The zero-order valence-corrected chi connectivity index (χ0v) is 14.9. The number of ether oxygens (including phenoxy) is 2. The Bertz CT molecular complexity index is 997. The molecular weight excluding hydrogens is 354 g/mol. The number of fused-ring (bicyclic) bond motifs is 1. The van der Waals surface area contributed by atoms with Crippen molar-refractivity contribution in [3.8, 4) is 17.2 Å². The minimum absolute atomic E-state index is 0.280. The van der Waals surface area contributed by atoms with Crippen LogP contribution in [0.5, 0.6) is 11.5 Å². The summed E-state index contributed by atoms with van der Waals surface area (Å²) in [4.78, 5) is 12.5. The molecule has 1 aromatic heterocycles. The molecule has 2 heterocycles. The van der Waals surface area contributed by atoms with Gasteiger partial charge in [0.25, 0.3) is 5.91 Å². The van der Waals surface area contributed by atoms with Gasteiger partial charge in [0.05, 0.1) is 10.7 Å². The number of halogens is 1. The smallest absolute Gasteiger partial charge is 0.276 e. The summed E-state index contributed by atoms with van der Waals surface area (Å²) in [7, 11) is 0. The van der Waals surface area contributed by atoms with Crippen LogP contribution in [0.25, 0.3) is 5.69 Å². The first kappa shape index (κ1) is 16.5. The van der Waals surface area contributed by atoms with Gasteiger partial charge < -0.3 is 14.8 Å². The molecule has 132 valence electrons. The molecule has 1 N–H and O–H groups in total. The van der Waals surface area contributed by atoms with Crippen molar-refractivity contribution in [1.29, 1.82) is 0 Å². The van der Waals surface area contributed by atoms with Crippen molar-refractivity contribution in [2.45, 2.75) is 19.6 Å². The number of hydrogen-bond donors (Lipinski definition) is 1. The van der Waals surface area contributed by atoms with Crippen LogP contribution in [0.15, 0.2) is 54.7 Å². The lowest BCUT2D eigenvalue weighted by Gasteiger charge is -2.16. The highest BCUT2D eigenvalue weighted by atomic mass is 35.5. The van der Waals surface area contributed by atoms with Gasteiger partial charge in [0, 0.05) is 31.8 Å². The van der Waals surface area contributed by atoms with Gasteiger partial charge in [-0.3, -0.25) is 4.79 Å². The number of nitrogens with zero attached hydrogens (tertiary/aromatic N) is 2. The van der Waals surface area contributed by atoms with Gasteiger partial charge in [-0.25, -0.2) is 4.68 Å². The number of nitrogens with one attached hydrogen (secondary N) is 1. The summed E-state index contributed by atoms with van der Waals surface area (Å²) in [5.41, 5.74) is 1.59. The third-order valence-electron chi connectivity index (χ3n) is 3.83. The number of rotatable bonds is 3. The second-order valence-electron chi connectivity index (χ2n) is 6.32. The maximum absolute atomic E-state index is 12.5. The zero-order valence-electron chi connectivity index (χ0n) is 14.2. The molecule has 1 aliphatic rings. The molecule has 6 nitrogen and oxygen atoms in total. The lowest BCUT2D eigenvalue weighted by atomic mass is 10.2. The Morgan fingerprint density at radius 1 is 1.12 bits per heavy atom. The van der Waals surface area contributed by atoms with Crippen LogP contribution in [0.3, 0.4) is 0 Å². The number of anilines is 1. The maximum atomic E-state index is 12.5. The number of carbonyl (C=O) groups excluding carboxylic acids is 1. The van der Waals surface area contributed by atoms with Crippen LogP contribution >= 0.6 is 11.6 Å². The van der Waals surface area contributed by atoms with Crippen molar-refractivity contribution in [2.75, 3.05) is 5.32 Å². The molecule has 0 atom stereocenters. The predicted molar refractivity (Wildman–Crippen MR) is 98.3 cm³/mol. The Kier molecular flexibility index (Phi) is 3.85. The van der Waals surface area contributed by atoms with E-state index >= 15 is 0 Å². The number of para-hydroxylation sites is 1. The molecule has 0 bridgehead atoms. The maximum Gasteiger partial charge on any atom is 0.276 e. The fourth-order valence-corrected chi connectivity index (χ4v) is 2.93. The Balaban J connectivity index is 1.53. The summed E-state index contributed by atoms with van der Waals surface area (Å²) >= 11 is 6.17. The molecule has 0 radical (unpaired) electrons. The summed E-state index contributed by atoms with van der Waals surface area (Å²) in [5, 5.41) is 7.67. The third-order valence-corrected chi connectivity index (χ3v) is 4.15. The molecule has 0 aliphatic carbocycles. The van der Waals surface area contributed by atoms with Crippen LogP contribution < -0.4 is 14.8 Å². The largest absolute Gasteiger partial charge is 0.449 e. The summed E-state index contributed by atoms with van der Waals surface area (Å²) in [6, 6.07) is 14.2. The second kappa shape index (κ2) is 6.07. The summed E-state index contributed by atoms with van der Waals surface area (Å²) < 4.78 is 12.9. The highest BCUT2D eigenvalue weighted by Gasteiger charge is 2.31. The van der Waals surface area contributed by atoms with Crippen LogP contribution in [0.1, 0.15) is 24.3 Å². The highest BCUT2D eigenvalue weighted by molar-refractivity contribution is 6.32. The van der Waals surface area contributed by atoms with E-state index in [1.54, 1.807) is 41.2 Å². The van der Waals surface area contributed by atoms with Crippen molar-refractivity contribution in [1.82, 2.24) is 9.78 Å². The number of amides is 1. The molecule has 3 aromatic rings. The van der Waals surface area contributed by atoms with Crippen molar-refractivity contribution >= 4 is 23.2 Å². The van der Waals surface area contributed by atoms with Crippen molar-refractivity contribution in [3.63, 3.8) is 0 Å². The summed E-state index contributed by atoms with van der Waals surface area (Å²) in [6.45, 7) is 3.65. The van der Waals surface area contributed by atoms with E-state index in [0.717, 1.165) is 0 Å². The highest BCUT2D eigenvalue weighted by Crippen LogP contribution is 2.40. The third kappa shape index (κ3) is 3.11. The SMILES string of the molecule is CC1(C)Oc2ccc(NC(=O)c3ccn(-c4ccccc4Cl)n3)cc2O1. The van der Waals surface area contributed by atoms with Gasteiger partial charge >= 0.3 is 0 Å². The van der Waals surface area contributed by atoms with Gasteiger partial charge in [0.1, 0.15) is 0 Å². The standard InChI is InChI=1S/C19H16ClN3O3/c1-19(2)25-16-8-7-12(11-17(16)26-19)21-18(24)14-9-10-23(22-14)15-6-4-3-5-13(15)20/h3-11H,1-2H3,(H,21,24). The van der Waals surface area contributed by atoms with Crippen LogP contribution in [0, 0.1) is 0 Å². The minimum Gasteiger partial charge on any atom is -0.449 e. The van der Waals surface area contributed by atoms with Crippen molar-refractivity contribution in [2.24, 2.45) is 0 Å². The van der Waals surface area contributed by atoms with E-state index < -0.39 is 5.79 Å². The van der Waals surface area contributed by atoms with E-state index in [1.807, 2.05) is 32.0 Å². The van der Waals surface area contributed by atoms with Crippen LogP contribution in [0.4, 0.5) is 5.69 Å². The van der Waals surface area contributed by atoms with E-state index in [9.17, 15) is 4.79 Å². The minimum atomic E-state index is -0.710. The van der Waals surface area contributed by atoms with Gasteiger partial charge in [-0.2, -0.15) is 5.10 Å². The van der Waals surface area contributed by atoms with E-state index in [0.29, 0.717) is 27.9 Å². The van der Waals surface area contributed by atoms with Gasteiger partial charge in [-0.1, -0.05) is 23.7 Å². The molecular formula is C19H16ClN3O3. The van der Waals surface area contributed by atoms with Gasteiger partial charge in [0.2, 0.25) is 5.79 Å². The van der Waals surface area contributed by atoms with Crippen LogP contribution in [-0.4, -0.2) is 21.5 Å². The topological polar surface area (TPSA) is 65.4 Å². The molecule has 0 saturated heterocycles. The zero-order chi connectivity index (χ0) is 18.3. The van der Waals surface area contributed by atoms with E-state index in [4.69, 9.17) is 21.1 Å². The summed E-state index contributed by atoms with van der Waals surface area (Å²) in [6.07, 6.45) is 1.69. The molecule has 4 rings (SSSR count). The first-order chi connectivity index (χ1) is 12.4. The Morgan fingerprint density at radius 2 is 1.88 bits per heavy atom. The van der Waals surface area contributed by atoms with Crippen molar-refractivity contribution < 1.29 is 14.3 Å². The molecule has 0 unspecified atom stereocenters. The number of carbonyl (C=O) groups is 1. The van der Waals surface area contributed by atoms with Gasteiger partial charge in [-0.05, 0) is 30.3 Å². The first-order valence-electron chi connectivity index (χ1n) is 8.05. The predicted octanol–water partition coefficient (Wildman–Crippen LogP) is 4.29. The quantitative estimate of drug-likeness (QED) is 0.748. The number of hydrogen-bond acceptors (Lipinski definition) is 4. The first-order valence-corrected chi connectivity index (χ1v) is 8.43. The molecule has 1 aliphatic heterocycles. The molecule has 2 aromatic carbocycles. The van der Waals surface area contributed by atoms with Crippen LogP contribution in [-0.2, 0) is 0 Å². The Hall–Kier alpha value is -2.99. The fraction of sp³-hybridized carbons (Fsp3) is 0.158. The average molecular weight is 370 g/mol. The number of benzene rings is 2. The average Bonchev–Trinajstić information content (AvgIpc) is 3.18. The molecule has 1 amide bonds. The monoisotopic (exact) mass is 369 g/mol. The molecule has 0 fully saturated rings. The number of aromatic nitrogens is 2. The van der Waals surface area contributed by atoms with Gasteiger partial charge in [-0.15, -0.1) is 0 Å². The molecule has 26 heavy (non-hydrogen) atoms. The molecule has 0 saturated carbocycles. The van der Waals surface area contributed by atoms with Gasteiger partial charge in [0.15, 0.2) is 17.2 Å². The normalized spacial score (nSPS) is 14.3. The van der Waals surface area contributed by atoms with E-state index in [1.165, 1.54) is 0 Å². The molecule has 7 heteroatoms. The second-order valence-corrected chi connectivity index (χ2v) is 6.72. The lowest BCUT2D eigenvalue weighted by Crippen LogP contribution is -2.29.